The third-order valence-corrected chi connectivity index (χ3v) is 4.10. The molecule has 2 heteroatoms. The number of fused-ring (bicyclic) bond motifs is 1. The second-order valence-corrected chi connectivity index (χ2v) is 6.18. The van der Waals surface area contributed by atoms with Gasteiger partial charge >= 0.3 is 0 Å². The Morgan fingerprint density at radius 2 is 1.52 bits per heavy atom. The van der Waals surface area contributed by atoms with Gasteiger partial charge in [-0.2, -0.15) is 0 Å². The molecule has 3 aromatic carbocycles. The van der Waals surface area contributed by atoms with Gasteiger partial charge in [0, 0.05) is 5.56 Å². The third kappa shape index (κ3) is 3.42. The van der Waals surface area contributed by atoms with Gasteiger partial charge in [0.1, 0.15) is 0 Å². The van der Waals surface area contributed by atoms with E-state index in [0.29, 0.717) is 0 Å². The van der Waals surface area contributed by atoms with Crippen molar-refractivity contribution in [3.8, 4) is 0 Å². The number of nitrogens with one attached hydrogen (secondary N) is 1. The second-order valence-electron chi connectivity index (χ2n) is 6.18. The quantitative estimate of drug-likeness (QED) is 0.729. The van der Waals surface area contributed by atoms with Gasteiger partial charge in [-0.05, 0) is 55.3 Å². The summed E-state index contributed by atoms with van der Waals surface area (Å²) in [7, 11) is 0. The predicted molar refractivity (Wildman–Crippen MR) is 95.7 cm³/mol. The van der Waals surface area contributed by atoms with E-state index >= 15 is 0 Å². The van der Waals surface area contributed by atoms with Gasteiger partial charge in [0.05, 0.1) is 6.04 Å². The van der Waals surface area contributed by atoms with Crippen molar-refractivity contribution in [2.24, 2.45) is 0 Å². The lowest BCUT2D eigenvalue weighted by Crippen LogP contribution is -2.26. The minimum Gasteiger partial charge on any atom is -0.346 e. The van der Waals surface area contributed by atoms with Gasteiger partial charge in [0.25, 0.3) is 5.91 Å². The van der Waals surface area contributed by atoms with Gasteiger partial charge in [-0.15, -0.1) is 0 Å². The number of hydrogen-bond acceptors (Lipinski definition) is 1. The van der Waals surface area contributed by atoms with E-state index in [1.807, 2.05) is 45.0 Å². The molecule has 0 radical (unpaired) electrons. The highest BCUT2D eigenvalue weighted by Gasteiger charge is 2.12. The van der Waals surface area contributed by atoms with Crippen molar-refractivity contribution >= 4 is 16.7 Å². The molecule has 0 aliphatic carbocycles. The van der Waals surface area contributed by atoms with Gasteiger partial charge in [0.2, 0.25) is 0 Å². The molecule has 0 saturated heterocycles. The molecule has 0 bridgehead atoms. The van der Waals surface area contributed by atoms with Crippen molar-refractivity contribution in [1.29, 1.82) is 0 Å². The summed E-state index contributed by atoms with van der Waals surface area (Å²) in [5.74, 6) is -0.0301. The molecule has 3 aromatic rings. The number of aryl methyl sites for hydroxylation is 2. The lowest BCUT2D eigenvalue weighted by Gasteiger charge is -2.16. The molecule has 1 atom stereocenters. The maximum Gasteiger partial charge on any atom is 0.251 e. The average molecular weight is 303 g/mol. The molecule has 0 saturated carbocycles. The highest BCUT2D eigenvalue weighted by atomic mass is 16.1. The fourth-order valence-electron chi connectivity index (χ4n) is 2.95. The second kappa shape index (κ2) is 6.25. The van der Waals surface area contributed by atoms with Crippen LogP contribution in [0.2, 0.25) is 0 Å². The molecule has 3 rings (SSSR count). The summed E-state index contributed by atoms with van der Waals surface area (Å²) in [5, 5.41) is 5.50. The zero-order valence-electron chi connectivity index (χ0n) is 13.8. The van der Waals surface area contributed by atoms with Crippen LogP contribution in [0.15, 0.2) is 60.7 Å². The van der Waals surface area contributed by atoms with Crippen molar-refractivity contribution in [3.05, 3.63) is 82.9 Å². The van der Waals surface area contributed by atoms with E-state index < -0.39 is 0 Å². The molecule has 1 N–H and O–H groups in total. The van der Waals surface area contributed by atoms with Crippen molar-refractivity contribution in [2.75, 3.05) is 0 Å². The summed E-state index contributed by atoms with van der Waals surface area (Å²) >= 11 is 0. The van der Waals surface area contributed by atoms with E-state index in [-0.39, 0.29) is 11.9 Å². The summed E-state index contributed by atoms with van der Waals surface area (Å²) in [6.45, 7) is 6.04. The Morgan fingerprint density at radius 3 is 2.22 bits per heavy atom. The summed E-state index contributed by atoms with van der Waals surface area (Å²) in [6, 6.07) is 20.5. The van der Waals surface area contributed by atoms with E-state index in [4.69, 9.17) is 0 Å². The van der Waals surface area contributed by atoms with Crippen LogP contribution in [0.3, 0.4) is 0 Å². The van der Waals surface area contributed by atoms with Crippen molar-refractivity contribution < 1.29 is 4.79 Å². The van der Waals surface area contributed by atoms with Crippen LogP contribution < -0.4 is 5.32 Å². The Kier molecular flexibility index (Phi) is 4.16. The molecule has 0 spiro atoms. The monoisotopic (exact) mass is 303 g/mol. The molecule has 0 heterocycles. The predicted octanol–water partition coefficient (Wildman–Crippen LogP) is 4.95. The zero-order chi connectivity index (χ0) is 16.4. The normalized spacial score (nSPS) is 12.1. The number of amides is 1. The Labute approximate surface area is 137 Å². The first-order valence-corrected chi connectivity index (χ1v) is 7.91. The topological polar surface area (TPSA) is 29.1 Å². The first-order valence-electron chi connectivity index (χ1n) is 7.91. The molecule has 0 aliphatic rings. The molecule has 1 amide bonds. The number of carbonyl (C=O) groups excluding carboxylic acids is 1. The third-order valence-electron chi connectivity index (χ3n) is 4.10. The number of hydrogen-bond donors (Lipinski definition) is 1. The van der Waals surface area contributed by atoms with Crippen molar-refractivity contribution in [1.82, 2.24) is 5.32 Å². The molecule has 0 aromatic heterocycles. The van der Waals surface area contributed by atoms with E-state index in [9.17, 15) is 4.79 Å². The summed E-state index contributed by atoms with van der Waals surface area (Å²) < 4.78 is 0. The van der Waals surface area contributed by atoms with E-state index in [2.05, 4.69) is 41.7 Å². The molecule has 116 valence electrons. The van der Waals surface area contributed by atoms with Crippen LogP contribution >= 0.6 is 0 Å². The maximum absolute atomic E-state index is 12.5. The first kappa shape index (κ1) is 15.3. The maximum atomic E-state index is 12.5. The fourth-order valence-corrected chi connectivity index (χ4v) is 2.95. The van der Waals surface area contributed by atoms with Crippen LogP contribution in [-0.4, -0.2) is 5.91 Å². The lowest BCUT2D eigenvalue weighted by molar-refractivity contribution is 0.0939. The number of carbonyl (C=O) groups is 1. The van der Waals surface area contributed by atoms with Gasteiger partial charge in [-0.1, -0.05) is 53.6 Å². The van der Waals surface area contributed by atoms with Crippen molar-refractivity contribution in [3.63, 3.8) is 0 Å². The smallest absolute Gasteiger partial charge is 0.251 e. The average Bonchev–Trinajstić information content (AvgIpc) is 2.53. The van der Waals surface area contributed by atoms with Gasteiger partial charge in [-0.3, -0.25) is 4.79 Å². The number of rotatable bonds is 3. The van der Waals surface area contributed by atoms with Crippen molar-refractivity contribution in [2.45, 2.75) is 26.8 Å². The molecule has 0 fully saturated rings. The summed E-state index contributed by atoms with van der Waals surface area (Å²) in [6.07, 6.45) is 0. The van der Waals surface area contributed by atoms with Gasteiger partial charge in [0.15, 0.2) is 0 Å². The minimum absolute atomic E-state index is 0.0301. The molecular formula is C21H21NO. The highest BCUT2D eigenvalue weighted by Crippen LogP contribution is 2.20. The summed E-state index contributed by atoms with van der Waals surface area (Å²) in [5.41, 5.74) is 4.04. The van der Waals surface area contributed by atoms with E-state index in [0.717, 1.165) is 22.3 Å². The van der Waals surface area contributed by atoms with Crippen LogP contribution in [-0.2, 0) is 0 Å². The zero-order valence-corrected chi connectivity index (χ0v) is 13.8. The Balaban J connectivity index is 1.81. The molecular weight excluding hydrogens is 282 g/mol. The van der Waals surface area contributed by atoms with Gasteiger partial charge < -0.3 is 5.32 Å². The van der Waals surface area contributed by atoms with Crippen LogP contribution in [0, 0.1) is 13.8 Å². The van der Waals surface area contributed by atoms with Crippen LogP contribution in [0.4, 0.5) is 0 Å². The molecule has 0 unspecified atom stereocenters. The standard InChI is InChI=1S/C21H21NO/c1-14-10-15(2)12-20(11-14)21(23)22-16(3)18-9-8-17-6-4-5-7-19(17)13-18/h4-13,16H,1-3H3,(H,22,23)/t16-/m1/s1. The SMILES string of the molecule is Cc1cc(C)cc(C(=O)N[C@H](C)c2ccc3ccccc3c2)c1. The molecule has 2 nitrogen and oxygen atoms in total. The minimum atomic E-state index is -0.0343. The van der Waals surface area contributed by atoms with E-state index in [1.165, 1.54) is 10.8 Å². The van der Waals surface area contributed by atoms with E-state index in [1.54, 1.807) is 0 Å². The highest BCUT2D eigenvalue weighted by molar-refractivity contribution is 5.95. The first-order chi connectivity index (χ1) is 11.0. The van der Waals surface area contributed by atoms with Crippen LogP contribution in [0.1, 0.15) is 40.0 Å². The molecule has 0 aliphatic heterocycles. The number of benzene rings is 3. The van der Waals surface area contributed by atoms with Crippen LogP contribution in [0.5, 0.6) is 0 Å². The largest absolute Gasteiger partial charge is 0.346 e. The molecule has 23 heavy (non-hydrogen) atoms. The lowest BCUT2D eigenvalue weighted by atomic mass is 10.0. The fraction of sp³-hybridized carbons (Fsp3) is 0.190. The Hall–Kier alpha value is -2.61. The van der Waals surface area contributed by atoms with Crippen LogP contribution in [0.25, 0.3) is 10.8 Å². The Morgan fingerprint density at radius 1 is 0.870 bits per heavy atom. The van der Waals surface area contributed by atoms with Gasteiger partial charge in [-0.25, -0.2) is 0 Å². The summed E-state index contributed by atoms with van der Waals surface area (Å²) in [4.78, 5) is 12.5. The Bertz CT molecular complexity index is 846.